The van der Waals surface area contributed by atoms with Gasteiger partial charge in [0.1, 0.15) is 5.52 Å². The smallest absolute Gasteiger partial charge is 0.477 e. The third-order valence-corrected chi connectivity index (χ3v) is 4.00. The van der Waals surface area contributed by atoms with Crippen molar-refractivity contribution in [2.75, 3.05) is 12.3 Å². The lowest BCUT2D eigenvalue weighted by Crippen LogP contribution is -2.21. The van der Waals surface area contributed by atoms with Crippen LogP contribution in [0, 0.1) is 6.92 Å². The normalized spacial score (nSPS) is 11.7. The summed E-state index contributed by atoms with van der Waals surface area (Å²) >= 11 is 0. The molecule has 0 aliphatic rings. The standard InChI is InChI=1S/C17H16F3N3O.C2HF3O2/c1-10-8-14(23-16-13(21)9-22-15(10)16)24-7-6-11-2-4-12(5-3-11)17(18,19)20;3-2(4,5)1(6)7/h2-5,8-9,22H,6-7,21H2,1H3;(H,6,7). The summed E-state index contributed by atoms with van der Waals surface area (Å²) in [4.78, 5) is 16.3. The first kappa shape index (κ1) is 23.8. The van der Waals surface area contributed by atoms with Gasteiger partial charge in [-0.2, -0.15) is 26.3 Å². The topological polar surface area (TPSA) is 101 Å². The van der Waals surface area contributed by atoms with Crippen molar-refractivity contribution in [3.63, 3.8) is 0 Å². The van der Waals surface area contributed by atoms with Crippen molar-refractivity contribution in [2.45, 2.75) is 25.7 Å². The summed E-state index contributed by atoms with van der Waals surface area (Å²) in [7, 11) is 0. The van der Waals surface area contributed by atoms with Crippen molar-refractivity contribution in [2.24, 2.45) is 0 Å². The number of hydrogen-bond donors (Lipinski definition) is 3. The van der Waals surface area contributed by atoms with E-state index in [1.165, 1.54) is 12.1 Å². The molecule has 168 valence electrons. The van der Waals surface area contributed by atoms with Crippen molar-refractivity contribution >= 4 is 22.7 Å². The van der Waals surface area contributed by atoms with Crippen LogP contribution >= 0.6 is 0 Å². The highest BCUT2D eigenvalue weighted by atomic mass is 19.4. The zero-order valence-electron chi connectivity index (χ0n) is 15.9. The summed E-state index contributed by atoms with van der Waals surface area (Å²) in [6.45, 7) is 2.23. The Morgan fingerprint density at radius 2 is 1.74 bits per heavy atom. The summed E-state index contributed by atoms with van der Waals surface area (Å²) < 4.78 is 74.9. The Bertz CT molecular complexity index is 1040. The molecule has 0 aliphatic heterocycles. The molecule has 0 saturated heterocycles. The minimum Gasteiger partial charge on any atom is -0.477 e. The number of nitrogens with one attached hydrogen (secondary N) is 1. The van der Waals surface area contributed by atoms with Crippen molar-refractivity contribution in [1.82, 2.24) is 9.97 Å². The average molecular weight is 449 g/mol. The van der Waals surface area contributed by atoms with Crippen molar-refractivity contribution in [3.05, 3.63) is 53.2 Å². The number of aliphatic carboxylic acids is 1. The summed E-state index contributed by atoms with van der Waals surface area (Å²) in [6.07, 6.45) is -7.24. The second-order valence-electron chi connectivity index (χ2n) is 6.34. The number of pyridine rings is 1. The molecular weight excluding hydrogens is 432 g/mol. The number of anilines is 1. The number of halogens is 6. The third kappa shape index (κ3) is 6.52. The van der Waals surface area contributed by atoms with Crippen LogP contribution in [0.3, 0.4) is 0 Å². The maximum atomic E-state index is 12.5. The largest absolute Gasteiger partial charge is 0.490 e. The number of aromatic amines is 1. The van der Waals surface area contributed by atoms with Gasteiger partial charge >= 0.3 is 18.3 Å². The highest BCUT2D eigenvalue weighted by Gasteiger charge is 2.38. The number of rotatable bonds is 4. The van der Waals surface area contributed by atoms with Crippen molar-refractivity contribution < 1.29 is 41.0 Å². The molecule has 0 saturated carbocycles. The maximum absolute atomic E-state index is 12.5. The minimum atomic E-state index is -5.08. The van der Waals surface area contributed by atoms with Gasteiger partial charge in [-0.1, -0.05) is 12.1 Å². The molecule has 0 radical (unpaired) electrons. The number of H-pyrrole nitrogens is 1. The van der Waals surface area contributed by atoms with Gasteiger partial charge in [0.2, 0.25) is 5.88 Å². The van der Waals surface area contributed by atoms with Crippen LogP contribution in [0.1, 0.15) is 16.7 Å². The molecule has 0 bridgehead atoms. The fourth-order valence-electron chi connectivity index (χ4n) is 2.46. The Kier molecular flexibility index (Phi) is 7.03. The molecule has 0 unspecified atom stereocenters. The number of aryl methyl sites for hydroxylation is 1. The van der Waals surface area contributed by atoms with E-state index in [4.69, 9.17) is 20.4 Å². The Morgan fingerprint density at radius 1 is 1.16 bits per heavy atom. The van der Waals surface area contributed by atoms with E-state index in [9.17, 15) is 26.3 Å². The van der Waals surface area contributed by atoms with Crippen molar-refractivity contribution in [1.29, 1.82) is 0 Å². The van der Waals surface area contributed by atoms with Crippen LogP contribution in [0.25, 0.3) is 11.0 Å². The third-order valence-electron chi connectivity index (χ3n) is 4.00. The van der Waals surface area contributed by atoms with Gasteiger partial charge in [-0.15, -0.1) is 0 Å². The van der Waals surface area contributed by atoms with Gasteiger partial charge < -0.3 is 20.6 Å². The van der Waals surface area contributed by atoms with Crippen LogP contribution in [0.15, 0.2) is 36.5 Å². The molecule has 0 aliphatic carbocycles. The SMILES string of the molecule is Cc1cc(OCCc2ccc(C(F)(F)F)cc2)nc2c(N)c[nH]c12.O=C(O)C(F)(F)F. The predicted molar refractivity (Wildman–Crippen MR) is 99.6 cm³/mol. The maximum Gasteiger partial charge on any atom is 0.490 e. The molecule has 6 nitrogen and oxygen atoms in total. The van der Waals surface area contributed by atoms with E-state index in [0.717, 1.165) is 28.8 Å². The number of hydrogen-bond acceptors (Lipinski definition) is 4. The van der Waals surface area contributed by atoms with Gasteiger partial charge in [0, 0.05) is 18.7 Å². The number of nitrogens with zero attached hydrogens (tertiary/aromatic N) is 1. The first-order valence-electron chi connectivity index (χ1n) is 8.62. The minimum absolute atomic E-state index is 0.313. The number of carboxylic acids is 1. The summed E-state index contributed by atoms with van der Waals surface area (Å²) in [6, 6.07) is 6.86. The van der Waals surface area contributed by atoms with E-state index in [1.54, 1.807) is 12.3 Å². The quantitative estimate of drug-likeness (QED) is 0.500. The van der Waals surface area contributed by atoms with Crippen LogP contribution in [-0.2, 0) is 17.4 Å². The Hall–Kier alpha value is -3.44. The molecule has 0 fully saturated rings. The molecule has 0 atom stereocenters. The number of carbonyl (C=O) groups is 1. The molecule has 3 aromatic rings. The zero-order chi connectivity index (χ0) is 23.4. The van der Waals surface area contributed by atoms with E-state index in [1.807, 2.05) is 6.92 Å². The highest BCUT2D eigenvalue weighted by molar-refractivity contribution is 5.89. The molecule has 2 aromatic heterocycles. The lowest BCUT2D eigenvalue weighted by Gasteiger charge is -2.09. The number of nitrogen functional groups attached to an aromatic ring is 1. The van der Waals surface area contributed by atoms with Gasteiger partial charge in [-0.3, -0.25) is 0 Å². The number of benzene rings is 1. The number of nitrogens with two attached hydrogens (primary N) is 1. The number of aromatic nitrogens is 2. The van der Waals surface area contributed by atoms with Crippen LogP contribution in [0.2, 0.25) is 0 Å². The Labute approximate surface area is 171 Å². The molecule has 3 rings (SSSR count). The zero-order valence-corrected chi connectivity index (χ0v) is 15.9. The second-order valence-corrected chi connectivity index (χ2v) is 6.34. The summed E-state index contributed by atoms with van der Waals surface area (Å²) in [5.74, 6) is -2.31. The van der Waals surface area contributed by atoms with E-state index in [2.05, 4.69) is 9.97 Å². The molecule has 0 spiro atoms. The fourth-order valence-corrected chi connectivity index (χ4v) is 2.46. The fraction of sp³-hybridized carbons (Fsp3) is 0.263. The molecular formula is C19H17F6N3O3. The predicted octanol–water partition coefficient (Wildman–Crippen LogP) is 4.73. The molecule has 12 heteroatoms. The Morgan fingerprint density at radius 3 is 2.26 bits per heavy atom. The Balaban J connectivity index is 0.000000423. The van der Waals surface area contributed by atoms with Gasteiger partial charge in [0.15, 0.2) is 0 Å². The van der Waals surface area contributed by atoms with Crippen LogP contribution < -0.4 is 10.5 Å². The number of alkyl halides is 6. The van der Waals surface area contributed by atoms with E-state index in [-0.39, 0.29) is 0 Å². The van der Waals surface area contributed by atoms with Crippen molar-refractivity contribution in [3.8, 4) is 5.88 Å². The first-order valence-corrected chi connectivity index (χ1v) is 8.62. The molecule has 0 amide bonds. The van der Waals surface area contributed by atoms with E-state index < -0.39 is 23.9 Å². The molecule has 2 heterocycles. The van der Waals surface area contributed by atoms with Gasteiger partial charge in [0.05, 0.1) is 23.4 Å². The molecule has 4 N–H and O–H groups in total. The monoisotopic (exact) mass is 449 g/mol. The average Bonchev–Trinajstić information content (AvgIpc) is 3.03. The summed E-state index contributed by atoms with van der Waals surface area (Å²) in [5.41, 5.74) is 8.97. The highest BCUT2D eigenvalue weighted by Crippen LogP contribution is 2.29. The first-order chi connectivity index (χ1) is 14.3. The van der Waals surface area contributed by atoms with Gasteiger partial charge in [0.25, 0.3) is 0 Å². The van der Waals surface area contributed by atoms with E-state index >= 15 is 0 Å². The summed E-state index contributed by atoms with van der Waals surface area (Å²) in [5, 5.41) is 7.12. The van der Waals surface area contributed by atoms with Crippen LogP contribution in [0.4, 0.5) is 32.0 Å². The molecule has 31 heavy (non-hydrogen) atoms. The lowest BCUT2D eigenvalue weighted by atomic mass is 10.1. The number of fused-ring (bicyclic) bond motifs is 1. The van der Waals surface area contributed by atoms with Crippen LogP contribution in [-0.4, -0.2) is 33.8 Å². The van der Waals surface area contributed by atoms with Gasteiger partial charge in [-0.05, 0) is 30.2 Å². The second kappa shape index (κ2) is 9.14. The van der Waals surface area contributed by atoms with Crippen LogP contribution in [0.5, 0.6) is 5.88 Å². The van der Waals surface area contributed by atoms with E-state index in [0.29, 0.717) is 30.1 Å². The van der Waals surface area contributed by atoms with Gasteiger partial charge in [-0.25, -0.2) is 9.78 Å². The lowest BCUT2D eigenvalue weighted by molar-refractivity contribution is -0.192. The number of ether oxygens (including phenoxy) is 1. The number of carboxylic acid groups (broad SMARTS) is 1. The molecule has 1 aromatic carbocycles.